The van der Waals surface area contributed by atoms with Crippen LogP contribution in [0, 0.1) is 0 Å². The summed E-state index contributed by atoms with van der Waals surface area (Å²) in [5.41, 5.74) is 0. The van der Waals surface area contributed by atoms with Crippen molar-refractivity contribution in [3.63, 3.8) is 0 Å². The summed E-state index contributed by atoms with van der Waals surface area (Å²) in [6.45, 7) is 2.13. The molecule has 0 aliphatic heterocycles. The minimum Gasteiger partial charge on any atom is -0.480 e. The number of sulfone groups is 1. The fraction of sp³-hybridized carbons (Fsp3) is 0.889. The summed E-state index contributed by atoms with van der Waals surface area (Å²) in [5.74, 6) is -1.60. The van der Waals surface area contributed by atoms with Crippen molar-refractivity contribution in [3.8, 4) is 0 Å². The fourth-order valence-corrected chi connectivity index (χ4v) is 1.92. The van der Waals surface area contributed by atoms with Gasteiger partial charge in [0.2, 0.25) is 0 Å². The summed E-state index contributed by atoms with van der Waals surface area (Å²) >= 11 is 0. The maximum Gasteiger partial charge on any atom is 0.321 e. The summed E-state index contributed by atoms with van der Waals surface area (Å²) in [4.78, 5) is 10.5. The Morgan fingerprint density at radius 2 is 1.94 bits per heavy atom. The molecule has 16 heavy (non-hydrogen) atoms. The first kappa shape index (κ1) is 15.3. The SMILES string of the molecule is COCCCOCCS(=O)(=O)C(C)C(=O)O. The molecule has 0 saturated heterocycles. The Hall–Kier alpha value is -0.660. The van der Waals surface area contributed by atoms with Gasteiger partial charge in [0.15, 0.2) is 15.1 Å². The molecular formula is C9H18O6S. The number of carboxylic acid groups (broad SMARTS) is 1. The lowest BCUT2D eigenvalue weighted by molar-refractivity contribution is -0.136. The van der Waals surface area contributed by atoms with Crippen molar-refractivity contribution in [2.24, 2.45) is 0 Å². The first-order valence-corrected chi connectivity index (χ1v) is 6.64. The molecule has 0 aliphatic rings. The van der Waals surface area contributed by atoms with Crippen molar-refractivity contribution in [2.75, 3.05) is 32.7 Å². The van der Waals surface area contributed by atoms with Crippen LogP contribution in [0.15, 0.2) is 0 Å². The molecule has 1 unspecified atom stereocenters. The Morgan fingerprint density at radius 1 is 1.31 bits per heavy atom. The Balaban J connectivity index is 3.79. The number of hydrogen-bond acceptors (Lipinski definition) is 5. The van der Waals surface area contributed by atoms with Crippen molar-refractivity contribution < 1.29 is 27.8 Å². The van der Waals surface area contributed by atoms with Gasteiger partial charge in [0, 0.05) is 20.3 Å². The number of methoxy groups -OCH3 is 1. The number of carbonyl (C=O) groups is 1. The zero-order valence-corrected chi connectivity index (χ0v) is 10.3. The third kappa shape index (κ3) is 6.04. The Bertz CT molecular complexity index is 297. The lowest BCUT2D eigenvalue weighted by atomic mass is 10.5. The molecule has 0 aromatic heterocycles. The van der Waals surface area contributed by atoms with E-state index in [-0.39, 0.29) is 12.4 Å². The third-order valence-electron chi connectivity index (χ3n) is 2.04. The topological polar surface area (TPSA) is 89.9 Å². The van der Waals surface area contributed by atoms with Gasteiger partial charge in [0.05, 0.1) is 12.4 Å². The highest BCUT2D eigenvalue weighted by Crippen LogP contribution is 2.02. The van der Waals surface area contributed by atoms with Gasteiger partial charge in [-0.2, -0.15) is 0 Å². The quantitative estimate of drug-likeness (QED) is 0.579. The van der Waals surface area contributed by atoms with Crippen molar-refractivity contribution in [3.05, 3.63) is 0 Å². The van der Waals surface area contributed by atoms with Crippen molar-refractivity contribution >= 4 is 15.8 Å². The molecule has 0 heterocycles. The van der Waals surface area contributed by atoms with Crippen LogP contribution in [0.3, 0.4) is 0 Å². The molecular weight excluding hydrogens is 236 g/mol. The van der Waals surface area contributed by atoms with Gasteiger partial charge >= 0.3 is 5.97 Å². The Labute approximate surface area is 95.5 Å². The van der Waals surface area contributed by atoms with E-state index in [1.54, 1.807) is 7.11 Å². The van der Waals surface area contributed by atoms with E-state index in [1.807, 2.05) is 0 Å². The van der Waals surface area contributed by atoms with Gasteiger partial charge in [-0.25, -0.2) is 8.42 Å². The van der Waals surface area contributed by atoms with Gasteiger partial charge < -0.3 is 14.6 Å². The first-order chi connectivity index (χ1) is 7.41. The van der Waals surface area contributed by atoms with E-state index in [1.165, 1.54) is 0 Å². The van der Waals surface area contributed by atoms with Gasteiger partial charge in [0.25, 0.3) is 0 Å². The van der Waals surface area contributed by atoms with E-state index in [4.69, 9.17) is 14.6 Å². The van der Waals surface area contributed by atoms with Crippen LogP contribution in [0.4, 0.5) is 0 Å². The summed E-state index contributed by atoms with van der Waals surface area (Å²) in [6.07, 6.45) is 0.686. The molecule has 0 spiro atoms. The van der Waals surface area contributed by atoms with Crippen molar-refractivity contribution in [1.29, 1.82) is 0 Å². The predicted molar refractivity (Wildman–Crippen MR) is 58.2 cm³/mol. The van der Waals surface area contributed by atoms with Crippen LogP contribution in [0.1, 0.15) is 13.3 Å². The molecule has 7 heteroatoms. The average Bonchev–Trinajstić information content (AvgIpc) is 2.22. The highest BCUT2D eigenvalue weighted by Gasteiger charge is 2.26. The van der Waals surface area contributed by atoms with Crippen LogP contribution in [-0.4, -0.2) is 57.4 Å². The fourth-order valence-electron chi connectivity index (χ4n) is 0.913. The summed E-state index contributed by atoms with van der Waals surface area (Å²) < 4.78 is 32.6. The first-order valence-electron chi connectivity index (χ1n) is 4.93. The van der Waals surface area contributed by atoms with Crippen LogP contribution in [0.25, 0.3) is 0 Å². The van der Waals surface area contributed by atoms with Crippen LogP contribution in [-0.2, 0) is 24.1 Å². The van der Waals surface area contributed by atoms with Crippen LogP contribution < -0.4 is 0 Å². The van der Waals surface area contributed by atoms with Crippen molar-refractivity contribution in [2.45, 2.75) is 18.6 Å². The van der Waals surface area contributed by atoms with Gasteiger partial charge in [-0.05, 0) is 13.3 Å². The number of aliphatic carboxylic acids is 1. The maximum absolute atomic E-state index is 11.4. The maximum atomic E-state index is 11.4. The predicted octanol–water partition coefficient (Wildman–Crippen LogP) is -0.0726. The second-order valence-electron chi connectivity index (χ2n) is 3.31. The van der Waals surface area contributed by atoms with Gasteiger partial charge in [0.1, 0.15) is 0 Å². The molecule has 0 bridgehead atoms. The molecule has 1 N–H and O–H groups in total. The molecule has 0 aromatic rings. The molecule has 0 saturated carbocycles. The van der Waals surface area contributed by atoms with Gasteiger partial charge in [-0.15, -0.1) is 0 Å². The molecule has 0 aliphatic carbocycles. The van der Waals surface area contributed by atoms with Crippen LogP contribution in [0.5, 0.6) is 0 Å². The average molecular weight is 254 g/mol. The Morgan fingerprint density at radius 3 is 2.44 bits per heavy atom. The van der Waals surface area contributed by atoms with E-state index in [0.29, 0.717) is 19.6 Å². The monoisotopic (exact) mass is 254 g/mol. The van der Waals surface area contributed by atoms with E-state index < -0.39 is 21.1 Å². The molecule has 0 fully saturated rings. The standard InChI is InChI=1S/C9H18O6S/c1-8(9(10)11)16(12,13)7-6-15-5-3-4-14-2/h8H,3-7H2,1-2H3,(H,10,11). The van der Waals surface area contributed by atoms with Crippen LogP contribution >= 0.6 is 0 Å². The Kier molecular flexibility index (Phi) is 7.27. The summed E-state index contributed by atoms with van der Waals surface area (Å²) in [5, 5.41) is 7.17. The van der Waals surface area contributed by atoms with E-state index in [2.05, 4.69) is 0 Å². The number of hydrogen-bond donors (Lipinski definition) is 1. The molecule has 1 atom stereocenters. The van der Waals surface area contributed by atoms with E-state index in [9.17, 15) is 13.2 Å². The lowest BCUT2D eigenvalue weighted by Crippen LogP contribution is -2.30. The minimum atomic E-state index is -3.61. The third-order valence-corrected chi connectivity index (χ3v) is 4.05. The van der Waals surface area contributed by atoms with Gasteiger partial charge in [-0.3, -0.25) is 4.79 Å². The number of rotatable bonds is 9. The molecule has 6 nitrogen and oxygen atoms in total. The van der Waals surface area contributed by atoms with Gasteiger partial charge in [-0.1, -0.05) is 0 Å². The molecule has 96 valence electrons. The normalized spacial score (nSPS) is 13.6. The minimum absolute atomic E-state index is 0.0175. The second-order valence-corrected chi connectivity index (χ2v) is 5.75. The van der Waals surface area contributed by atoms with E-state index >= 15 is 0 Å². The molecule has 0 rings (SSSR count). The zero-order valence-electron chi connectivity index (χ0n) is 9.51. The molecule has 0 aromatic carbocycles. The summed E-state index contributed by atoms with van der Waals surface area (Å²) in [6, 6.07) is 0. The highest BCUT2D eigenvalue weighted by molar-refractivity contribution is 7.92. The largest absolute Gasteiger partial charge is 0.480 e. The second kappa shape index (κ2) is 7.59. The lowest BCUT2D eigenvalue weighted by Gasteiger charge is -2.08. The van der Waals surface area contributed by atoms with E-state index in [0.717, 1.165) is 6.92 Å². The highest BCUT2D eigenvalue weighted by atomic mass is 32.2. The molecule has 0 radical (unpaired) electrons. The van der Waals surface area contributed by atoms with Crippen LogP contribution in [0.2, 0.25) is 0 Å². The number of carboxylic acids is 1. The number of ether oxygens (including phenoxy) is 2. The smallest absolute Gasteiger partial charge is 0.321 e. The van der Waals surface area contributed by atoms with Crippen molar-refractivity contribution in [1.82, 2.24) is 0 Å². The zero-order chi connectivity index (χ0) is 12.6. The molecule has 0 amide bonds. The summed E-state index contributed by atoms with van der Waals surface area (Å²) in [7, 11) is -2.04.